The highest BCUT2D eigenvalue weighted by molar-refractivity contribution is 5.51. The van der Waals surface area contributed by atoms with Crippen molar-refractivity contribution in [2.75, 3.05) is 7.11 Å². The van der Waals surface area contributed by atoms with Crippen molar-refractivity contribution in [3.63, 3.8) is 0 Å². The smallest absolute Gasteiger partial charge is 0.273 e. The number of hydrogen-bond donors (Lipinski definition) is 1. The fourth-order valence-electron chi connectivity index (χ4n) is 1.93. The molecule has 0 saturated heterocycles. The molecule has 0 aromatic heterocycles. The Labute approximate surface area is 122 Å². The van der Waals surface area contributed by atoms with Crippen LogP contribution in [0.15, 0.2) is 42.5 Å². The molecule has 0 fully saturated rings. The number of methoxy groups -OCH3 is 1. The third kappa shape index (κ3) is 3.29. The topological polar surface area (TPSA) is 87.6 Å². The number of non-ortho nitro benzene ring substituents is 1. The molecule has 0 heterocycles. The van der Waals surface area contributed by atoms with E-state index in [9.17, 15) is 10.1 Å². The Morgan fingerprint density at radius 3 is 2.48 bits per heavy atom. The van der Waals surface area contributed by atoms with Crippen LogP contribution in [0, 0.1) is 10.1 Å². The van der Waals surface area contributed by atoms with Gasteiger partial charge in [-0.3, -0.25) is 10.1 Å². The lowest BCUT2D eigenvalue weighted by atomic mass is 10.1. The van der Waals surface area contributed by atoms with Crippen molar-refractivity contribution < 1.29 is 14.4 Å². The fourth-order valence-corrected chi connectivity index (χ4v) is 1.93. The van der Waals surface area contributed by atoms with Crippen molar-refractivity contribution in [3.05, 3.63) is 58.1 Å². The Balaban J connectivity index is 2.43. The lowest BCUT2D eigenvalue weighted by molar-refractivity contribution is -0.384. The van der Waals surface area contributed by atoms with Crippen molar-refractivity contribution in [2.24, 2.45) is 5.73 Å². The van der Waals surface area contributed by atoms with Crippen LogP contribution in [0.1, 0.15) is 18.5 Å². The van der Waals surface area contributed by atoms with E-state index in [0.29, 0.717) is 11.5 Å². The molecule has 0 radical (unpaired) electrons. The first kappa shape index (κ1) is 14.8. The first-order valence-electron chi connectivity index (χ1n) is 6.37. The second kappa shape index (κ2) is 6.23. The number of benzene rings is 2. The van der Waals surface area contributed by atoms with Crippen molar-refractivity contribution in [2.45, 2.75) is 13.0 Å². The lowest BCUT2D eigenvalue weighted by Gasteiger charge is -2.15. The maximum absolute atomic E-state index is 10.9. The minimum Gasteiger partial charge on any atom is -0.493 e. The second-order valence-corrected chi connectivity index (χ2v) is 4.52. The van der Waals surface area contributed by atoms with Crippen molar-refractivity contribution in [1.82, 2.24) is 0 Å². The van der Waals surface area contributed by atoms with Gasteiger partial charge in [0.2, 0.25) is 0 Å². The van der Waals surface area contributed by atoms with Gasteiger partial charge in [-0.15, -0.1) is 0 Å². The Morgan fingerprint density at radius 2 is 1.86 bits per heavy atom. The van der Waals surface area contributed by atoms with Crippen LogP contribution in [-0.2, 0) is 0 Å². The summed E-state index contributed by atoms with van der Waals surface area (Å²) in [5.41, 5.74) is 6.64. The molecule has 0 spiro atoms. The normalized spacial score (nSPS) is 11.8. The van der Waals surface area contributed by atoms with E-state index in [2.05, 4.69) is 0 Å². The predicted octanol–water partition coefficient (Wildman–Crippen LogP) is 3.42. The highest BCUT2D eigenvalue weighted by Gasteiger charge is 2.15. The van der Waals surface area contributed by atoms with E-state index in [0.717, 1.165) is 5.56 Å². The average Bonchev–Trinajstić information content (AvgIpc) is 2.47. The molecule has 2 N–H and O–H groups in total. The van der Waals surface area contributed by atoms with E-state index in [1.165, 1.54) is 25.3 Å². The third-order valence-corrected chi connectivity index (χ3v) is 2.99. The molecule has 2 aromatic carbocycles. The Kier molecular flexibility index (Phi) is 4.39. The molecule has 0 saturated carbocycles. The highest BCUT2D eigenvalue weighted by Crippen LogP contribution is 2.36. The Hall–Kier alpha value is -2.60. The van der Waals surface area contributed by atoms with Crippen LogP contribution < -0.4 is 15.2 Å². The van der Waals surface area contributed by atoms with Crippen molar-refractivity contribution >= 4 is 5.69 Å². The molecule has 0 aliphatic heterocycles. The summed E-state index contributed by atoms with van der Waals surface area (Å²) in [4.78, 5) is 10.4. The summed E-state index contributed by atoms with van der Waals surface area (Å²) in [5.74, 6) is 1.24. The number of nitrogens with zero attached hydrogens (tertiary/aromatic N) is 1. The van der Waals surface area contributed by atoms with Crippen LogP contribution >= 0.6 is 0 Å². The molecular weight excluding hydrogens is 272 g/mol. The molecule has 21 heavy (non-hydrogen) atoms. The summed E-state index contributed by atoms with van der Waals surface area (Å²) in [6.45, 7) is 1.84. The van der Waals surface area contributed by atoms with E-state index in [1.807, 2.05) is 25.1 Å². The van der Waals surface area contributed by atoms with E-state index in [1.54, 1.807) is 6.07 Å². The Morgan fingerprint density at radius 1 is 1.14 bits per heavy atom. The maximum Gasteiger partial charge on any atom is 0.273 e. The largest absolute Gasteiger partial charge is 0.493 e. The van der Waals surface area contributed by atoms with E-state index in [-0.39, 0.29) is 17.5 Å². The molecule has 0 aliphatic carbocycles. The summed E-state index contributed by atoms with van der Waals surface area (Å²) in [6.07, 6.45) is 0. The molecule has 0 bridgehead atoms. The molecule has 2 aromatic rings. The molecular formula is C15H16N2O4. The first-order chi connectivity index (χ1) is 10.0. The number of nitro groups is 1. The standard InChI is InChI=1S/C15H16N2O4/c1-10(16)12-5-3-4-6-13(12)21-15-9-11(17(18)19)7-8-14(15)20-2/h3-10H,16H2,1-2H3/t10-/m0/s1. The van der Waals surface area contributed by atoms with Gasteiger partial charge in [-0.2, -0.15) is 0 Å². The van der Waals surface area contributed by atoms with Crippen LogP contribution in [-0.4, -0.2) is 12.0 Å². The Bertz CT molecular complexity index is 656. The number of hydrogen-bond acceptors (Lipinski definition) is 5. The van der Waals surface area contributed by atoms with Gasteiger partial charge in [-0.1, -0.05) is 18.2 Å². The molecule has 0 amide bonds. The number of para-hydroxylation sites is 1. The van der Waals surface area contributed by atoms with Crippen LogP contribution in [0.2, 0.25) is 0 Å². The van der Waals surface area contributed by atoms with Crippen molar-refractivity contribution in [1.29, 1.82) is 0 Å². The zero-order valence-electron chi connectivity index (χ0n) is 11.8. The van der Waals surface area contributed by atoms with Gasteiger partial charge in [0.15, 0.2) is 11.5 Å². The summed E-state index contributed by atoms with van der Waals surface area (Å²) in [7, 11) is 1.48. The van der Waals surface area contributed by atoms with E-state index >= 15 is 0 Å². The van der Waals surface area contributed by atoms with Crippen molar-refractivity contribution in [3.8, 4) is 17.2 Å². The monoisotopic (exact) mass is 288 g/mol. The van der Waals surface area contributed by atoms with Gasteiger partial charge in [0.05, 0.1) is 18.1 Å². The number of ether oxygens (including phenoxy) is 2. The van der Waals surface area contributed by atoms with Crippen LogP contribution in [0.5, 0.6) is 17.2 Å². The SMILES string of the molecule is COc1ccc([N+](=O)[O-])cc1Oc1ccccc1[C@H](C)N. The molecule has 0 unspecified atom stereocenters. The minimum atomic E-state index is -0.482. The zero-order valence-corrected chi connectivity index (χ0v) is 11.8. The van der Waals surface area contributed by atoms with Gasteiger partial charge in [0.1, 0.15) is 5.75 Å². The molecule has 0 aliphatic rings. The van der Waals surface area contributed by atoms with Gasteiger partial charge in [0, 0.05) is 17.7 Å². The number of rotatable bonds is 5. The molecule has 110 valence electrons. The fraction of sp³-hybridized carbons (Fsp3) is 0.200. The zero-order chi connectivity index (χ0) is 15.4. The summed E-state index contributed by atoms with van der Waals surface area (Å²) >= 11 is 0. The van der Waals surface area contributed by atoms with Gasteiger partial charge in [0.25, 0.3) is 5.69 Å². The van der Waals surface area contributed by atoms with Crippen LogP contribution in [0.3, 0.4) is 0 Å². The van der Waals surface area contributed by atoms with E-state index < -0.39 is 4.92 Å². The van der Waals surface area contributed by atoms with E-state index in [4.69, 9.17) is 15.2 Å². The number of nitrogens with two attached hydrogens (primary N) is 1. The number of nitro benzene ring substituents is 1. The molecule has 6 heteroatoms. The lowest BCUT2D eigenvalue weighted by Crippen LogP contribution is -2.06. The molecule has 6 nitrogen and oxygen atoms in total. The quantitative estimate of drug-likeness (QED) is 0.672. The third-order valence-electron chi connectivity index (χ3n) is 2.99. The van der Waals surface area contributed by atoms with Gasteiger partial charge in [-0.05, 0) is 19.1 Å². The highest BCUT2D eigenvalue weighted by atomic mass is 16.6. The second-order valence-electron chi connectivity index (χ2n) is 4.52. The predicted molar refractivity (Wildman–Crippen MR) is 78.8 cm³/mol. The summed E-state index contributed by atoms with van der Waals surface area (Å²) in [6, 6.07) is 11.3. The molecule has 2 rings (SSSR count). The molecule has 1 atom stereocenters. The van der Waals surface area contributed by atoms with Gasteiger partial charge < -0.3 is 15.2 Å². The maximum atomic E-state index is 10.9. The summed E-state index contributed by atoms with van der Waals surface area (Å²) in [5, 5.41) is 10.9. The van der Waals surface area contributed by atoms with Crippen LogP contribution in [0.4, 0.5) is 5.69 Å². The summed E-state index contributed by atoms with van der Waals surface area (Å²) < 4.78 is 10.9. The van der Waals surface area contributed by atoms with Gasteiger partial charge in [-0.25, -0.2) is 0 Å². The average molecular weight is 288 g/mol. The first-order valence-corrected chi connectivity index (χ1v) is 6.37. The van der Waals surface area contributed by atoms with Crippen LogP contribution in [0.25, 0.3) is 0 Å². The minimum absolute atomic E-state index is 0.0657. The van der Waals surface area contributed by atoms with Gasteiger partial charge >= 0.3 is 0 Å².